The molecule has 3 rings (SSSR count). The van der Waals surface area contributed by atoms with E-state index in [-0.39, 0.29) is 17.4 Å². The second-order valence-corrected chi connectivity index (χ2v) is 10.3. The quantitative estimate of drug-likeness (QED) is 0.423. The van der Waals surface area contributed by atoms with E-state index in [1.165, 1.54) is 18.2 Å². The van der Waals surface area contributed by atoms with E-state index in [0.717, 1.165) is 30.2 Å². The van der Waals surface area contributed by atoms with Crippen molar-refractivity contribution in [2.75, 3.05) is 28.9 Å². The van der Waals surface area contributed by atoms with Crippen LogP contribution in [0.4, 0.5) is 30.6 Å². The summed E-state index contributed by atoms with van der Waals surface area (Å²) >= 11 is 1.75. The van der Waals surface area contributed by atoms with Crippen molar-refractivity contribution >= 4 is 39.1 Å². The largest absolute Gasteiger partial charge is 0.421 e. The molecule has 1 aromatic heterocycles. The summed E-state index contributed by atoms with van der Waals surface area (Å²) in [5, 5.41) is 5.58. The van der Waals surface area contributed by atoms with Crippen LogP contribution >= 0.6 is 11.8 Å². The number of halogens is 3. The Morgan fingerprint density at radius 1 is 1.06 bits per heavy atom. The predicted octanol–water partition coefficient (Wildman–Crippen LogP) is 5.16. The van der Waals surface area contributed by atoms with Crippen LogP contribution in [0, 0.1) is 0 Å². The smallest absolute Gasteiger partial charge is 0.365 e. The molecule has 0 unspecified atom stereocenters. The summed E-state index contributed by atoms with van der Waals surface area (Å²) in [5.41, 5.74) is 1.29. The molecule has 0 fully saturated rings. The number of hydrogen-bond donors (Lipinski definition) is 2. The monoisotopic (exact) mass is 496 g/mol. The third-order valence-corrected chi connectivity index (χ3v) is 6.41. The molecule has 0 aliphatic carbocycles. The highest BCUT2D eigenvalue weighted by Crippen LogP contribution is 2.34. The van der Waals surface area contributed by atoms with Gasteiger partial charge in [0.1, 0.15) is 11.4 Å². The molecule has 0 atom stereocenters. The first kappa shape index (κ1) is 24.8. The average Bonchev–Trinajstić information content (AvgIpc) is 2.76. The third kappa shape index (κ3) is 7.10. The first-order valence-corrected chi connectivity index (χ1v) is 13.2. The lowest BCUT2D eigenvalue weighted by atomic mass is 10.1. The van der Waals surface area contributed by atoms with Crippen LogP contribution in [-0.4, -0.2) is 36.7 Å². The van der Waals surface area contributed by atoms with Gasteiger partial charge in [-0.2, -0.15) is 29.9 Å². The van der Waals surface area contributed by atoms with Crippen LogP contribution < -0.4 is 10.6 Å². The van der Waals surface area contributed by atoms with Crippen molar-refractivity contribution in [2.24, 2.45) is 0 Å². The fraction of sp³-hybridized carbons (Fsp3) is 0.273. The van der Waals surface area contributed by atoms with E-state index < -0.39 is 27.4 Å². The topological polar surface area (TPSA) is 84.0 Å². The molecule has 2 aromatic carbocycles. The standard InChI is InChI=1S/C22H23F3N4O2S2/c1-32-11-10-15-6-8-17(9-7-15)28-21-27-14-19(22(23,24)25)20(29-21)26-13-16-4-3-5-18(12-16)33(2,30)31/h3-9,12,14H,10-11,13H2,1-2H3,(H2,26,27,28,29). The number of aryl methyl sites for hydroxylation is 1. The Morgan fingerprint density at radius 3 is 2.42 bits per heavy atom. The number of nitrogens with zero attached hydrogens (tertiary/aromatic N) is 2. The Hall–Kier alpha value is -2.79. The summed E-state index contributed by atoms with van der Waals surface area (Å²) in [6, 6.07) is 13.5. The van der Waals surface area contributed by atoms with Crippen LogP contribution in [0.3, 0.4) is 0 Å². The lowest BCUT2D eigenvalue weighted by Crippen LogP contribution is -2.14. The molecule has 0 aliphatic rings. The number of aromatic nitrogens is 2. The van der Waals surface area contributed by atoms with Crippen molar-refractivity contribution in [3.8, 4) is 0 Å². The van der Waals surface area contributed by atoms with Crippen LogP contribution in [0.15, 0.2) is 59.6 Å². The average molecular weight is 497 g/mol. The van der Waals surface area contributed by atoms with Gasteiger partial charge in [0.05, 0.1) is 4.90 Å². The maximum Gasteiger partial charge on any atom is 0.421 e. The molecule has 0 aliphatic heterocycles. The number of thioether (sulfide) groups is 1. The minimum Gasteiger partial charge on any atom is -0.365 e. The summed E-state index contributed by atoms with van der Waals surface area (Å²) in [6.45, 7) is -0.0486. The minimum atomic E-state index is -4.66. The Bertz CT molecular complexity index is 1200. The first-order valence-electron chi connectivity index (χ1n) is 9.88. The maximum absolute atomic E-state index is 13.5. The molecular weight excluding hydrogens is 473 g/mol. The highest BCUT2D eigenvalue weighted by atomic mass is 32.2. The number of nitrogens with one attached hydrogen (secondary N) is 2. The molecule has 2 N–H and O–H groups in total. The Kier molecular flexibility index (Phi) is 7.85. The molecule has 176 valence electrons. The fourth-order valence-electron chi connectivity index (χ4n) is 2.96. The maximum atomic E-state index is 13.5. The molecular formula is C22H23F3N4O2S2. The van der Waals surface area contributed by atoms with Gasteiger partial charge >= 0.3 is 6.18 Å². The molecule has 0 spiro atoms. The van der Waals surface area contributed by atoms with Crippen LogP contribution in [0.5, 0.6) is 0 Å². The number of alkyl halides is 3. The molecule has 0 saturated heterocycles. The SMILES string of the molecule is CSCCc1ccc(Nc2ncc(C(F)(F)F)c(NCc3cccc(S(C)(=O)=O)c3)n2)cc1. The highest BCUT2D eigenvalue weighted by Gasteiger charge is 2.35. The van der Waals surface area contributed by atoms with Gasteiger partial charge in [-0.25, -0.2) is 13.4 Å². The Morgan fingerprint density at radius 2 is 1.79 bits per heavy atom. The van der Waals surface area contributed by atoms with E-state index in [9.17, 15) is 21.6 Å². The lowest BCUT2D eigenvalue weighted by molar-refractivity contribution is -0.137. The van der Waals surface area contributed by atoms with Crippen molar-refractivity contribution in [1.82, 2.24) is 9.97 Å². The van der Waals surface area contributed by atoms with Crippen molar-refractivity contribution < 1.29 is 21.6 Å². The molecule has 3 aromatic rings. The lowest BCUT2D eigenvalue weighted by Gasteiger charge is -2.15. The van der Waals surface area contributed by atoms with Gasteiger partial charge in [-0.05, 0) is 53.8 Å². The molecule has 6 nitrogen and oxygen atoms in total. The Balaban J connectivity index is 1.81. The van der Waals surface area contributed by atoms with Gasteiger partial charge in [0, 0.05) is 24.7 Å². The van der Waals surface area contributed by atoms with Gasteiger partial charge in [-0.15, -0.1) is 0 Å². The number of hydrogen-bond acceptors (Lipinski definition) is 7. The van der Waals surface area contributed by atoms with Gasteiger partial charge in [-0.1, -0.05) is 24.3 Å². The van der Waals surface area contributed by atoms with E-state index in [4.69, 9.17) is 0 Å². The zero-order valence-electron chi connectivity index (χ0n) is 18.0. The number of rotatable bonds is 9. The van der Waals surface area contributed by atoms with E-state index in [1.54, 1.807) is 17.8 Å². The molecule has 33 heavy (non-hydrogen) atoms. The van der Waals surface area contributed by atoms with Crippen molar-refractivity contribution in [3.05, 3.63) is 71.4 Å². The van der Waals surface area contributed by atoms with Crippen LogP contribution in [0.2, 0.25) is 0 Å². The van der Waals surface area contributed by atoms with Gasteiger partial charge in [-0.3, -0.25) is 0 Å². The normalized spacial score (nSPS) is 11.9. The number of anilines is 3. The summed E-state index contributed by atoms with van der Waals surface area (Å²) < 4.78 is 63.9. The van der Waals surface area contributed by atoms with Crippen LogP contribution in [0.1, 0.15) is 16.7 Å². The summed E-state index contributed by atoms with van der Waals surface area (Å²) in [5.74, 6) is 0.602. The molecule has 0 saturated carbocycles. The fourth-order valence-corrected chi connectivity index (χ4v) is 4.09. The predicted molar refractivity (Wildman–Crippen MR) is 126 cm³/mol. The number of benzene rings is 2. The molecule has 0 radical (unpaired) electrons. The van der Waals surface area contributed by atoms with E-state index >= 15 is 0 Å². The number of sulfone groups is 1. The van der Waals surface area contributed by atoms with Crippen LogP contribution in [-0.2, 0) is 29.0 Å². The van der Waals surface area contributed by atoms with Crippen molar-refractivity contribution in [1.29, 1.82) is 0 Å². The van der Waals surface area contributed by atoms with Crippen LogP contribution in [0.25, 0.3) is 0 Å². The second kappa shape index (κ2) is 10.4. The summed E-state index contributed by atoms with van der Waals surface area (Å²) in [4.78, 5) is 7.91. The van der Waals surface area contributed by atoms with E-state index in [1.807, 2.05) is 30.5 Å². The zero-order valence-corrected chi connectivity index (χ0v) is 19.6. The van der Waals surface area contributed by atoms with Gasteiger partial charge in [0.2, 0.25) is 5.95 Å². The molecule has 0 amide bonds. The second-order valence-electron chi connectivity index (χ2n) is 7.29. The summed E-state index contributed by atoms with van der Waals surface area (Å²) in [6.07, 6.45) is 0.0868. The van der Waals surface area contributed by atoms with E-state index in [0.29, 0.717) is 11.3 Å². The summed E-state index contributed by atoms with van der Waals surface area (Å²) in [7, 11) is -3.43. The zero-order chi connectivity index (χ0) is 24.1. The first-order chi connectivity index (χ1) is 15.6. The minimum absolute atomic E-state index is 0.00671. The highest BCUT2D eigenvalue weighted by molar-refractivity contribution is 7.98. The Labute approximate surface area is 195 Å². The molecule has 1 heterocycles. The van der Waals surface area contributed by atoms with Gasteiger partial charge in [0.25, 0.3) is 0 Å². The van der Waals surface area contributed by atoms with Crippen molar-refractivity contribution in [2.45, 2.75) is 24.0 Å². The molecule has 0 bridgehead atoms. The van der Waals surface area contributed by atoms with E-state index in [2.05, 4.69) is 20.6 Å². The third-order valence-electron chi connectivity index (χ3n) is 4.69. The van der Waals surface area contributed by atoms with Gasteiger partial charge < -0.3 is 10.6 Å². The van der Waals surface area contributed by atoms with Gasteiger partial charge in [0.15, 0.2) is 9.84 Å². The molecule has 11 heteroatoms. The van der Waals surface area contributed by atoms with Crippen molar-refractivity contribution in [3.63, 3.8) is 0 Å².